The third-order valence-electron chi connectivity index (χ3n) is 1.52. The van der Waals surface area contributed by atoms with Crippen LogP contribution < -0.4 is 4.74 Å². The first-order chi connectivity index (χ1) is 6.27. The van der Waals surface area contributed by atoms with Crippen LogP contribution in [0.5, 0.6) is 5.75 Å². The Morgan fingerprint density at radius 1 is 1.54 bits per heavy atom. The summed E-state index contributed by atoms with van der Waals surface area (Å²) in [6.45, 7) is 0. The molecule has 5 nitrogen and oxygen atoms in total. The van der Waals surface area contributed by atoms with Gasteiger partial charge in [0.05, 0.1) is 0 Å². The fraction of sp³-hybridized carbons (Fsp3) is 0. The zero-order valence-corrected chi connectivity index (χ0v) is 6.43. The predicted octanol–water partition coefficient (Wildman–Crippen LogP) is 1.88. The van der Waals surface area contributed by atoms with Gasteiger partial charge in [-0.2, -0.15) is 0 Å². The third kappa shape index (κ3) is 1.31. The normalized spacial score (nSPS) is 10.2. The molecule has 0 fully saturated rings. The molecule has 5 heteroatoms. The number of para-hydroxylation sites is 1. The number of hydrogen-bond donors (Lipinski definition) is 1. The van der Waals surface area contributed by atoms with E-state index >= 15 is 0 Å². The number of hydrogen-bond acceptors (Lipinski definition) is 4. The van der Waals surface area contributed by atoms with E-state index in [2.05, 4.69) is 9.72 Å². The highest BCUT2D eigenvalue weighted by Gasteiger charge is 2.08. The Hall–Kier alpha value is -2.04. The molecular weight excluding hydrogens is 174 g/mol. The smallest absolute Gasteiger partial charge is 0.449 e. The van der Waals surface area contributed by atoms with Gasteiger partial charge in [-0.25, -0.2) is 9.78 Å². The quantitative estimate of drug-likeness (QED) is 0.534. The maximum atomic E-state index is 10.2. The molecule has 1 aromatic carbocycles. The first-order valence-electron chi connectivity index (χ1n) is 3.50. The van der Waals surface area contributed by atoms with Crippen molar-refractivity contribution < 1.29 is 19.1 Å². The lowest BCUT2D eigenvalue weighted by Crippen LogP contribution is -2.02. The van der Waals surface area contributed by atoms with Gasteiger partial charge in [0.25, 0.3) is 0 Å². The van der Waals surface area contributed by atoms with Gasteiger partial charge in [0.15, 0.2) is 17.7 Å². The molecule has 0 saturated carbocycles. The van der Waals surface area contributed by atoms with Gasteiger partial charge < -0.3 is 14.3 Å². The molecule has 0 aliphatic carbocycles. The Labute approximate surface area is 72.6 Å². The van der Waals surface area contributed by atoms with Gasteiger partial charge >= 0.3 is 6.16 Å². The Morgan fingerprint density at radius 2 is 2.38 bits per heavy atom. The number of oxazole rings is 1. The molecule has 0 amide bonds. The van der Waals surface area contributed by atoms with E-state index < -0.39 is 6.16 Å². The molecular formula is C8H5NO4. The summed E-state index contributed by atoms with van der Waals surface area (Å²) >= 11 is 0. The summed E-state index contributed by atoms with van der Waals surface area (Å²) < 4.78 is 9.42. The lowest BCUT2D eigenvalue weighted by atomic mass is 10.3. The number of carbonyl (C=O) groups is 1. The minimum absolute atomic E-state index is 0.155. The van der Waals surface area contributed by atoms with Crippen LogP contribution in [-0.2, 0) is 0 Å². The van der Waals surface area contributed by atoms with Crippen molar-refractivity contribution in [2.45, 2.75) is 0 Å². The van der Waals surface area contributed by atoms with Crippen LogP contribution >= 0.6 is 0 Å². The van der Waals surface area contributed by atoms with Gasteiger partial charge in [-0.1, -0.05) is 6.07 Å². The molecule has 0 spiro atoms. The lowest BCUT2D eigenvalue weighted by molar-refractivity contribution is 0.144. The van der Waals surface area contributed by atoms with E-state index in [1.807, 2.05) is 0 Å². The van der Waals surface area contributed by atoms with Gasteiger partial charge in [0, 0.05) is 0 Å². The van der Waals surface area contributed by atoms with Crippen molar-refractivity contribution in [3.05, 3.63) is 24.6 Å². The molecule has 1 N–H and O–H groups in total. The molecule has 0 atom stereocenters. The first-order valence-corrected chi connectivity index (χ1v) is 3.50. The molecule has 0 radical (unpaired) electrons. The van der Waals surface area contributed by atoms with Gasteiger partial charge in [0.1, 0.15) is 5.52 Å². The summed E-state index contributed by atoms with van der Waals surface area (Å²) in [6.07, 6.45) is -0.136. The maximum absolute atomic E-state index is 10.2. The highest BCUT2D eigenvalue weighted by molar-refractivity contribution is 5.81. The molecule has 0 bridgehead atoms. The van der Waals surface area contributed by atoms with Gasteiger partial charge in [-0.15, -0.1) is 0 Å². The Balaban J connectivity index is 2.54. The topological polar surface area (TPSA) is 72.6 Å². The van der Waals surface area contributed by atoms with Gasteiger partial charge in [0.2, 0.25) is 0 Å². The van der Waals surface area contributed by atoms with Crippen molar-refractivity contribution in [1.82, 2.24) is 4.98 Å². The molecule has 1 aromatic heterocycles. The number of benzene rings is 1. The predicted molar refractivity (Wildman–Crippen MR) is 42.7 cm³/mol. The van der Waals surface area contributed by atoms with Crippen LogP contribution in [0, 0.1) is 0 Å². The van der Waals surface area contributed by atoms with Crippen LogP contribution in [-0.4, -0.2) is 16.2 Å². The van der Waals surface area contributed by atoms with E-state index in [4.69, 9.17) is 9.52 Å². The van der Waals surface area contributed by atoms with Crippen molar-refractivity contribution in [3.63, 3.8) is 0 Å². The van der Waals surface area contributed by atoms with Crippen molar-refractivity contribution in [3.8, 4) is 5.75 Å². The molecule has 0 saturated heterocycles. The van der Waals surface area contributed by atoms with Crippen LogP contribution in [0.1, 0.15) is 0 Å². The van der Waals surface area contributed by atoms with Gasteiger partial charge in [-0.05, 0) is 12.1 Å². The van der Waals surface area contributed by atoms with E-state index in [1.54, 1.807) is 12.1 Å². The standard InChI is InChI=1S/C8H5NO4/c10-8(11)13-6-3-1-2-5-7(6)12-4-9-5/h1-4H,(H,10,11). The number of fused-ring (bicyclic) bond motifs is 1. The molecule has 0 aliphatic heterocycles. The van der Waals surface area contributed by atoms with Crippen LogP contribution in [0.3, 0.4) is 0 Å². The first kappa shape index (κ1) is 7.60. The van der Waals surface area contributed by atoms with Gasteiger partial charge in [-0.3, -0.25) is 0 Å². The monoisotopic (exact) mass is 179 g/mol. The molecule has 2 rings (SSSR count). The summed E-state index contributed by atoms with van der Waals surface area (Å²) in [6, 6.07) is 4.85. The zero-order chi connectivity index (χ0) is 9.26. The summed E-state index contributed by atoms with van der Waals surface area (Å²) in [4.78, 5) is 14.1. The van der Waals surface area contributed by atoms with E-state index in [0.717, 1.165) is 0 Å². The number of aromatic nitrogens is 1. The molecule has 0 unspecified atom stereocenters. The summed E-state index contributed by atoms with van der Waals surface area (Å²) in [5.41, 5.74) is 0.906. The summed E-state index contributed by atoms with van der Waals surface area (Å²) in [5.74, 6) is 0.155. The van der Waals surface area contributed by atoms with Crippen molar-refractivity contribution in [2.24, 2.45) is 0 Å². The van der Waals surface area contributed by atoms with Crippen molar-refractivity contribution >= 4 is 17.3 Å². The number of ether oxygens (including phenoxy) is 1. The Kier molecular flexibility index (Phi) is 1.63. The average Bonchev–Trinajstić information content (AvgIpc) is 2.51. The lowest BCUT2D eigenvalue weighted by Gasteiger charge is -1.97. The molecule has 66 valence electrons. The van der Waals surface area contributed by atoms with Crippen molar-refractivity contribution in [1.29, 1.82) is 0 Å². The minimum Gasteiger partial charge on any atom is -0.449 e. The number of nitrogens with zero attached hydrogens (tertiary/aromatic N) is 1. The zero-order valence-electron chi connectivity index (χ0n) is 6.43. The summed E-state index contributed by atoms with van der Waals surface area (Å²) in [7, 11) is 0. The Morgan fingerprint density at radius 3 is 3.15 bits per heavy atom. The van der Waals surface area contributed by atoms with Crippen LogP contribution in [0.2, 0.25) is 0 Å². The van der Waals surface area contributed by atoms with Crippen molar-refractivity contribution in [2.75, 3.05) is 0 Å². The third-order valence-corrected chi connectivity index (χ3v) is 1.52. The molecule has 0 aliphatic rings. The molecule has 2 aromatic rings. The molecule has 1 heterocycles. The molecule has 13 heavy (non-hydrogen) atoms. The van der Waals surface area contributed by atoms with E-state index in [-0.39, 0.29) is 5.75 Å². The fourth-order valence-corrected chi connectivity index (χ4v) is 1.03. The van der Waals surface area contributed by atoms with E-state index in [0.29, 0.717) is 11.1 Å². The Bertz CT molecular complexity index is 448. The fourth-order valence-electron chi connectivity index (χ4n) is 1.03. The highest BCUT2D eigenvalue weighted by Crippen LogP contribution is 2.24. The average molecular weight is 179 g/mol. The van der Waals surface area contributed by atoms with Crippen LogP contribution in [0.15, 0.2) is 29.0 Å². The van der Waals surface area contributed by atoms with Crippen LogP contribution in [0.25, 0.3) is 11.1 Å². The second-order valence-electron chi connectivity index (χ2n) is 2.32. The SMILES string of the molecule is O=C(O)Oc1cccc2ncoc12. The van der Waals surface area contributed by atoms with E-state index in [1.165, 1.54) is 12.5 Å². The highest BCUT2D eigenvalue weighted by atomic mass is 16.7. The number of rotatable bonds is 1. The number of carboxylic acid groups (broad SMARTS) is 1. The largest absolute Gasteiger partial charge is 0.511 e. The van der Waals surface area contributed by atoms with E-state index in [9.17, 15) is 4.79 Å². The second kappa shape index (κ2) is 2.78. The second-order valence-corrected chi connectivity index (χ2v) is 2.32. The summed E-state index contributed by atoms with van der Waals surface area (Å²) in [5, 5.41) is 8.38. The maximum Gasteiger partial charge on any atom is 0.511 e. The minimum atomic E-state index is -1.37. The van der Waals surface area contributed by atoms with Crippen LogP contribution in [0.4, 0.5) is 4.79 Å².